The molecule has 0 aliphatic rings. The second-order valence-corrected chi connectivity index (χ2v) is 7.04. The van der Waals surface area contributed by atoms with Crippen molar-refractivity contribution in [2.24, 2.45) is 0 Å². The van der Waals surface area contributed by atoms with Gasteiger partial charge in [0.15, 0.2) is 0 Å². The minimum absolute atomic E-state index is 0.0625. The van der Waals surface area contributed by atoms with Crippen LogP contribution < -0.4 is 5.32 Å². The van der Waals surface area contributed by atoms with Crippen LogP contribution in [0.3, 0.4) is 0 Å². The van der Waals surface area contributed by atoms with Crippen molar-refractivity contribution in [2.45, 2.75) is 37.6 Å². The van der Waals surface area contributed by atoms with Crippen LogP contribution in [-0.2, 0) is 0 Å². The molecule has 4 nitrogen and oxygen atoms in total. The van der Waals surface area contributed by atoms with Gasteiger partial charge in [0, 0.05) is 24.2 Å². The Labute approximate surface area is 155 Å². The Bertz CT molecular complexity index is 714. The molecule has 25 heavy (non-hydrogen) atoms. The number of likely N-dealkylation sites (N-methyl/N-ethyl adjacent to an activating group) is 1. The molecule has 0 fully saturated rings. The third-order valence-corrected chi connectivity index (χ3v) is 5.36. The number of rotatable bonds is 8. The van der Waals surface area contributed by atoms with Crippen LogP contribution in [0.5, 0.6) is 0 Å². The Hall–Kier alpha value is -1.85. The second kappa shape index (κ2) is 9.59. The lowest BCUT2D eigenvalue weighted by molar-refractivity contribution is 0.0945. The summed E-state index contributed by atoms with van der Waals surface area (Å²) in [6.45, 7) is 11.9. The molecule has 1 heterocycles. The Morgan fingerprint density at radius 3 is 2.64 bits per heavy atom. The van der Waals surface area contributed by atoms with Gasteiger partial charge in [-0.2, -0.15) is 0 Å². The van der Waals surface area contributed by atoms with Crippen molar-refractivity contribution >= 4 is 17.7 Å². The van der Waals surface area contributed by atoms with E-state index in [0.29, 0.717) is 12.1 Å². The van der Waals surface area contributed by atoms with Crippen LogP contribution in [0.15, 0.2) is 46.5 Å². The highest BCUT2D eigenvalue weighted by Gasteiger charge is 2.14. The van der Waals surface area contributed by atoms with E-state index < -0.39 is 0 Å². The van der Waals surface area contributed by atoms with Crippen molar-refractivity contribution in [3.05, 3.63) is 53.2 Å². The average Bonchev–Trinajstić information content (AvgIpc) is 2.61. The summed E-state index contributed by atoms with van der Waals surface area (Å²) in [5, 5.41) is 3.76. The first-order chi connectivity index (χ1) is 12.0. The molecule has 0 saturated carbocycles. The van der Waals surface area contributed by atoms with Gasteiger partial charge in [-0.1, -0.05) is 43.3 Å². The van der Waals surface area contributed by atoms with Crippen LogP contribution in [0.2, 0.25) is 0 Å². The number of hydrogen-bond acceptors (Lipinski definition) is 4. The fourth-order valence-corrected chi connectivity index (χ4v) is 3.57. The van der Waals surface area contributed by atoms with E-state index in [4.69, 9.17) is 0 Å². The molecule has 0 aliphatic carbocycles. The standard InChI is InChI=1S/C20H27N3OS/c1-5-23(6-2)13-12-21-19(24)17-8-7-11-22-20(17)25-18-10-9-15(3)14-16(18)4/h7-11,14H,5-6,12-13H2,1-4H3,(H,21,24). The number of amides is 1. The highest BCUT2D eigenvalue weighted by Crippen LogP contribution is 2.31. The lowest BCUT2D eigenvalue weighted by Gasteiger charge is -2.18. The Morgan fingerprint density at radius 1 is 1.20 bits per heavy atom. The summed E-state index contributed by atoms with van der Waals surface area (Å²) in [5.41, 5.74) is 3.06. The predicted molar refractivity (Wildman–Crippen MR) is 104 cm³/mol. The van der Waals surface area contributed by atoms with Crippen LogP contribution in [0.25, 0.3) is 0 Å². The number of nitrogens with one attached hydrogen (secondary N) is 1. The van der Waals surface area contributed by atoms with Gasteiger partial charge in [-0.05, 0) is 50.7 Å². The van der Waals surface area contributed by atoms with Gasteiger partial charge in [0.05, 0.1) is 5.56 Å². The normalized spacial score (nSPS) is 10.9. The van der Waals surface area contributed by atoms with Gasteiger partial charge < -0.3 is 10.2 Å². The molecule has 2 aromatic rings. The van der Waals surface area contributed by atoms with Crippen molar-refractivity contribution in [2.75, 3.05) is 26.2 Å². The molecule has 2 rings (SSSR count). The number of aromatic nitrogens is 1. The van der Waals surface area contributed by atoms with Crippen molar-refractivity contribution < 1.29 is 4.79 Å². The fraction of sp³-hybridized carbons (Fsp3) is 0.400. The van der Waals surface area contributed by atoms with E-state index >= 15 is 0 Å². The van der Waals surface area contributed by atoms with E-state index in [2.05, 4.69) is 61.1 Å². The maximum atomic E-state index is 12.6. The summed E-state index contributed by atoms with van der Waals surface area (Å²) in [6, 6.07) is 9.97. The number of aryl methyl sites for hydroxylation is 2. The minimum Gasteiger partial charge on any atom is -0.351 e. The quantitative estimate of drug-likeness (QED) is 0.778. The van der Waals surface area contributed by atoms with E-state index in [1.165, 1.54) is 11.1 Å². The maximum Gasteiger partial charge on any atom is 0.254 e. The molecule has 0 unspecified atom stereocenters. The minimum atomic E-state index is -0.0625. The molecule has 0 bridgehead atoms. The van der Waals surface area contributed by atoms with Crippen LogP contribution in [0, 0.1) is 13.8 Å². The van der Waals surface area contributed by atoms with E-state index in [-0.39, 0.29) is 5.91 Å². The summed E-state index contributed by atoms with van der Waals surface area (Å²) < 4.78 is 0. The lowest BCUT2D eigenvalue weighted by atomic mass is 10.2. The van der Waals surface area contributed by atoms with Crippen LogP contribution in [0.1, 0.15) is 35.3 Å². The van der Waals surface area contributed by atoms with E-state index in [9.17, 15) is 4.79 Å². The average molecular weight is 358 g/mol. The highest BCUT2D eigenvalue weighted by atomic mass is 32.2. The SMILES string of the molecule is CCN(CC)CCNC(=O)c1cccnc1Sc1ccc(C)cc1C. The summed E-state index contributed by atoms with van der Waals surface area (Å²) in [5.74, 6) is -0.0625. The number of carbonyl (C=O) groups is 1. The summed E-state index contributed by atoms with van der Waals surface area (Å²) >= 11 is 1.54. The largest absolute Gasteiger partial charge is 0.351 e. The predicted octanol–water partition coefficient (Wildman–Crippen LogP) is 3.92. The number of hydrogen-bond donors (Lipinski definition) is 1. The van der Waals surface area contributed by atoms with E-state index in [1.807, 2.05) is 12.1 Å². The van der Waals surface area contributed by atoms with Gasteiger partial charge in [-0.3, -0.25) is 4.79 Å². The highest BCUT2D eigenvalue weighted by molar-refractivity contribution is 7.99. The third kappa shape index (κ3) is 5.58. The zero-order valence-electron chi connectivity index (χ0n) is 15.5. The summed E-state index contributed by atoms with van der Waals surface area (Å²) in [6.07, 6.45) is 1.73. The molecule has 0 aliphatic heterocycles. The van der Waals surface area contributed by atoms with E-state index in [1.54, 1.807) is 18.0 Å². The lowest BCUT2D eigenvalue weighted by Crippen LogP contribution is -2.35. The molecule has 0 atom stereocenters. The number of carbonyl (C=O) groups excluding carboxylic acids is 1. The Kier molecular flexibility index (Phi) is 7.47. The smallest absolute Gasteiger partial charge is 0.254 e. The van der Waals surface area contributed by atoms with Crippen molar-refractivity contribution in [3.63, 3.8) is 0 Å². The maximum absolute atomic E-state index is 12.6. The monoisotopic (exact) mass is 357 g/mol. The molecular formula is C20H27N3OS. The molecule has 0 spiro atoms. The number of nitrogens with zero attached hydrogens (tertiary/aromatic N) is 2. The molecule has 1 aromatic carbocycles. The number of benzene rings is 1. The Morgan fingerprint density at radius 2 is 1.96 bits per heavy atom. The van der Waals surface area contributed by atoms with Gasteiger partial charge in [-0.15, -0.1) is 0 Å². The molecule has 1 amide bonds. The van der Waals surface area contributed by atoms with Crippen molar-refractivity contribution in [3.8, 4) is 0 Å². The van der Waals surface area contributed by atoms with Gasteiger partial charge >= 0.3 is 0 Å². The summed E-state index contributed by atoms with van der Waals surface area (Å²) in [4.78, 5) is 20.4. The fourth-order valence-electron chi connectivity index (χ4n) is 2.63. The number of pyridine rings is 1. The van der Waals surface area contributed by atoms with Crippen LogP contribution >= 0.6 is 11.8 Å². The van der Waals surface area contributed by atoms with E-state index in [0.717, 1.165) is 29.6 Å². The molecule has 5 heteroatoms. The molecule has 1 aromatic heterocycles. The zero-order valence-corrected chi connectivity index (χ0v) is 16.3. The first-order valence-electron chi connectivity index (χ1n) is 8.75. The zero-order chi connectivity index (χ0) is 18.2. The first-order valence-corrected chi connectivity index (χ1v) is 9.57. The molecule has 0 saturated heterocycles. The van der Waals surface area contributed by atoms with Crippen LogP contribution in [-0.4, -0.2) is 42.0 Å². The second-order valence-electron chi connectivity index (χ2n) is 6.01. The van der Waals surface area contributed by atoms with Crippen LogP contribution in [0.4, 0.5) is 0 Å². The van der Waals surface area contributed by atoms with Gasteiger partial charge in [0.25, 0.3) is 5.91 Å². The van der Waals surface area contributed by atoms with Gasteiger partial charge in [0.1, 0.15) is 5.03 Å². The first kappa shape index (κ1) is 19.5. The van der Waals surface area contributed by atoms with Crippen molar-refractivity contribution in [1.29, 1.82) is 0 Å². The van der Waals surface area contributed by atoms with Gasteiger partial charge in [-0.25, -0.2) is 4.98 Å². The molecule has 1 N–H and O–H groups in total. The van der Waals surface area contributed by atoms with Crippen molar-refractivity contribution in [1.82, 2.24) is 15.2 Å². The third-order valence-electron chi connectivity index (χ3n) is 4.16. The van der Waals surface area contributed by atoms with Gasteiger partial charge in [0.2, 0.25) is 0 Å². The Balaban J connectivity index is 2.08. The molecular weight excluding hydrogens is 330 g/mol. The summed E-state index contributed by atoms with van der Waals surface area (Å²) in [7, 11) is 0. The topological polar surface area (TPSA) is 45.2 Å². The molecule has 0 radical (unpaired) electrons. The molecule has 134 valence electrons.